The lowest BCUT2D eigenvalue weighted by molar-refractivity contribution is -0.120. The van der Waals surface area contributed by atoms with E-state index in [1.165, 1.54) is 0 Å². The highest BCUT2D eigenvalue weighted by Gasteiger charge is 2.22. The Morgan fingerprint density at radius 2 is 2.00 bits per heavy atom. The lowest BCUT2D eigenvalue weighted by atomic mass is 9.85. The minimum absolute atomic E-state index is 0. The van der Waals surface area contributed by atoms with Crippen molar-refractivity contribution in [3.63, 3.8) is 0 Å². The van der Waals surface area contributed by atoms with Crippen molar-refractivity contribution in [1.29, 1.82) is 0 Å². The van der Waals surface area contributed by atoms with Gasteiger partial charge >= 0.3 is 0 Å². The maximum absolute atomic E-state index is 10.7. The van der Waals surface area contributed by atoms with E-state index in [-0.39, 0.29) is 12.7 Å². The highest BCUT2D eigenvalue weighted by molar-refractivity contribution is 5.73. The van der Waals surface area contributed by atoms with Crippen LogP contribution in [0.3, 0.4) is 0 Å². The largest absolute Gasteiger partial charge is 0.353 e. The number of rotatable bonds is 2. The summed E-state index contributed by atoms with van der Waals surface area (Å²) in [7, 11) is 0. The highest BCUT2D eigenvalue weighted by Crippen LogP contribution is 2.21. The standard InChI is InChI=1S/C9H19NO.H2/c1-6-8(9(3,4)5)10-7(2)11;/h8H,6H2,1-5H3,(H,10,11);1H. The van der Waals surface area contributed by atoms with E-state index < -0.39 is 0 Å². The number of nitrogens with one attached hydrogen (secondary N) is 1. The molecule has 0 aromatic rings. The van der Waals surface area contributed by atoms with Gasteiger partial charge in [-0.2, -0.15) is 0 Å². The van der Waals surface area contributed by atoms with Gasteiger partial charge in [0.2, 0.25) is 5.91 Å². The molecule has 0 rings (SSSR count). The summed E-state index contributed by atoms with van der Waals surface area (Å²) in [6.45, 7) is 10.1. The molecule has 1 amide bonds. The van der Waals surface area contributed by atoms with Gasteiger partial charge in [-0.3, -0.25) is 4.79 Å². The molecule has 0 aromatic heterocycles. The molecule has 1 N–H and O–H groups in total. The maximum atomic E-state index is 10.7. The van der Waals surface area contributed by atoms with Gasteiger partial charge in [-0.15, -0.1) is 0 Å². The number of hydrogen-bond acceptors (Lipinski definition) is 1. The summed E-state index contributed by atoms with van der Waals surface area (Å²) in [4.78, 5) is 10.7. The van der Waals surface area contributed by atoms with E-state index in [1.54, 1.807) is 6.92 Å². The molecule has 2 nitrogen and oxygen atoms in total. The van der Waals surface area contributed by atoms with Gasteiger partial charge in [-0.25, -0.2) is 0 Å². The predicted octanol–water partition coefficient (Wildman–Crippen LogP) is 2.19. The Balaban J connectivity index is 0. The second-order valence-electron chi connectivity index (χ2n) is 4.03. The normalized spacial score (nSPS) is 14.3. The first-order chi connectivity index (χ1) is 4.88. The number of amides is 1. The van der Waals surface area contributed by atoms with Gasteiger partial charge in [0.15, 0.2) is 0 Å². The third-order valence-electron chi connectivity index (χ3n) is 1.83. The second-order valence-corrected chi connectivity index (χ2v) is 4.03. The molecule has 2 heteroatoms. The smallest absolute Gasteiger partial charge is 0.217 e. The van der Waals surface area contributed by atoms with Crippen LogP contribution in [-0.4, -0.2) is 11.9 Å². The molecule has 0 radical (unpaired) electrons. The number of hydrogen-bond donors (Lipinski definition) is 1. The molecule has 0 aliphatic rings. The SMILES string of the molecule is CCC(NC(C)=O)C(C)(C)C.[HH]. The van der Waals surface area contributed by atoms with Crippen LogP contribution in [0.5, 0.6) is 0 Å². The van der Waals surface area contributed by atoms with E-state index in [4.69, 9.17) is 0 Å². The molecular weight excluding hydrogens is 138 g/mol. The van der Waals surface area contributed by atoms with Gasteiger partial charge in [-0.05, 0) is 11.8 Å². The van der Waals surface area contributed by atoms with Crippen LogP contribution in [0.4, 0.5) is 0 Å². The first-order valence-corrected chi connectivity index (χ1v) is 4.15. The van der Waals surface area contributed by atoms with Gasteiger partial charge in [-0.1, -0.05) is 27.7 Å². The molecule has 0 aliphatic heterocycles. The molecule has 0 fully saturated rings. The van der Waals surface area contributed by atoms with E-state index in [0.29, 0.717) is 6.04 Å². The van der Waals surface area contributed by atoms with Crippen molar-refractivity contribution >= 4 is 5.91 Å². The van der Waals surface area contributed by atoms with Gasteiger partial charge in [0.25, 0.3) is 0 Å². The minimum Gasteiger partial charge on any atom is -0.353 e. The Morgan fingerprint density at radius 1 is 1.55 bits per heavy atom. The van der Waals surface area contributed by atoms with E-state index in [2.05, 4.69) is 33.0 Å². The molecule has 0 heterocycles. The van der Waals surface area contributed by atoms with Crippen LogP contribution < -0.4 is 5.32 Å². The minimum atomic E-state index is 0. The first kappa shape index (κ1) is 10.5. The molecule has 1 atom stereocenters. The molecule has 0 saturated heterocycles. The molecule has 0 aliphatic carbocycles. The second kappa shape index (κ2) is 3.74. The molecule has 0 bridgehead atoms. The average molecular weight is 159 g/mol. The lowest BCUT2D eigenvalue weighted by Gasteiger charge is -2.30. The van der Waals surface area contributed by atoms with Crippen LogP contribution in [0.25, 0.3) is 0 Å². The first-order valence-electron chi connectivity index (χ1n) is 4.15. The van der Waals surface area contributed by atoms with Gasteiger partial charge in [0.1, 0.15) is 0 Å². The molecule has 0 aromatic carbocycles. The van der Waals surface area contributed by atoms with Crippen LogP contribution in [0, 0.1) is 5.41 Å². The summed E-state index contributed by atoms with van der Waals surface area (Å²) in [5, 5.41) is 2.93. The van der Waals surface area contributed by atoms with Crippen molar-refractivity contribution in [1.82, 2.24) is 5.32 Å². The fourth-order valence-electron chi connectivity index (χ4n) is 1.18. The Kier molecular flexibility index (Phi) is 3.56. The van der Waals surface area contributed by atoms with Crippen LogP contribution in [-0.2, 0) is 4.79 Å². The predicted molar refractivity (Wildman–Crippen MR) is 49.5 cm³/mol. The van der Waals surface area contributed by atoms with E-state index in [1.807, 2.05) is 0 Å². The highest BCUT2D eigenvalue weighted by atomic mass is 16.1. The van der Waals surface area contributed by atoms with E-state index in [0.717, 1.165) is 6.42 Å². The van der Waals surface area contributed by atoms with E-state index >= 15 is 0 Å². The van der Waals surface area contributed by atoms with Crippen LogP contribution >= 0.6 is 0 Å². The monoisotopic (exact) mass is 159 g/mol. The summed E-state index contributed by atoms with van der Waals surface area (Å²) in [6.07, 6.45) is 0.989. The summed E-state index contributed by atoms with van der Waals surface area (Å²) in [5.74, 6) is 0.0618. The maximum Gasteiger partial charge on any atom is 0.217 e. The molecule has 0 saturated carbocycles. The molecular formula is C9H21NO. The van der Waals surface area contributed by atoms with Crippen molar-refractivity contribution in [2.24, 2.45) is 5.41 Å². The number of carbonyl (C=O) groups excluding carboxylic acids is 1. The molecule has 11 heavy (non-hydrogen) atoms. The molecule has 68 valence electrons. The topological polar surface area (TPSA) is 29.1 Å². The van der Waals surface area contributed by atoms with Crippen LogP contribution in [0.2, 0.25) is 0 Å². The Labute approximate surface area is 70.9 Å². The summed E-state index contributed by atoms with van der Waals surface area (Å²) in [5.41, 5.74) is 0.167. The molecule has 1 unspecified atom stereocenters. The Hall–Kier alpha value is -0.530. The van der Waals surface area contributed by atoms with Crippen LogP contribution in [0.15, 0.2) is 0 Å². The average Bonchev–Trinajstić information content (AvgIpc) is 1.79. The Morgan fingerprint density at radius 3 is 2.09 bits per heavy atom. The van der Waals surface area contributed by atoms with Crippen molar-refractivity contribution < 1.29 is 6.22 Å². The fourth-order valence-corrected chi connectivity index (χ4v) is 1.18. The number of carbonyl (C=O) groups is 1. The van der Waals surface area contributed by atoms with Crippen LogP contribution in [0.1, 0.15) is 42.5 Å². The van der Waals surface area contributed by atoms with E-state index in [9.17, 15) is 4.79 Å². The van der Waals surface area contributed by atoms with Crippen molar-refractivity contribution in [2.45, 2.75) is 47.1 Å². The van der Waals surface area contributed by atoms with Crippen molar-refractivity contribution in [3.05, 3.63) is 0 Å². The zero-order chi connectivity index (χ0) is 9.07. The lowest BCUT2D eigenvalue weighted by Crippen LogP contribution is -2.42. The van der Waals surface area contributed by atoms with Gasteiger partial charge < -0.3 is 5.32 Å². The fraction of sp³-hybridized carbons (Fsp3) is 0.889. The van der Waals surface area contributed by atoms with Crippen molar-refractivity contribution in [3.8, 4) is 0 Å². The summed E-state index contributed by atoms with van der Waals surface area (Å²) in [6, 6.07) is 0.292. The van der Waals surface area contributed by atoms with Gasteiger partial charge in [0, 0.05) is 14.4 Å². The summed E-state index contributed by atoms with van der Waals surface area (Å²) >= 11 is 0. The quantitative estimate of drug-likeness (QED) is 0.657. The third-order valence-corrected chi connectivity index (χ3v) is 1.83. The van der Waals surface area contributed by atoms with Gasteiger partial charge in [0.05, 0.1) is 0 Å². The molecule has 0 spiro atoms. The summed E-state index contributed by atoms with van der Waals surface area (Å²) < 4.78 is 0. The Bertz CT molecular complexity index is 140. The zero-order valence-corrected chi connectivity index (χ0v) is 8.19. The third kappa shape index (κ3) is 4.02. The zero-order valence-electron chi connectivity index (χ0n) is 8.19. The van der Waals surface area contributed by atoms with Crippen molar-refractivity contribution in [2.75, 3.05) is 0 Å².